The Balaban J connectivity index is 2.68. The maximum Gasteiger partial charge on any atom is 0.326 e. The highest BCUT2D eigenvalue weighted by molar-refractivity contribution is 5.93. The summed E-state index contributed by atoms with van der Waals surface area (Å²) in [6, 6.07) is 5.58. The van der Waals surface area contributed by atoms with E-state index < -0.39 is 17.9 Å². The molecule has 6 heteroatoms. The summed E-state index contributed by atoms with van der Waals surface area (Å²) >= 11 is 0. The van der Waals surface area contributed by atoms with Gasteiger partial charge in [-0.1, -0.05) is 0 Å². The van der Waals surface area contributed by atoms with Crippen molar-refractivity contribution in [2.75, 3.05) is 19.0 Å². The number of methoxy groups -OCH3 is 1. The summed E-state index contributed by atoms with van der Waals surface area (Å²) in [5.41, 5.74) is 6.10. The molecule has 1 rings (SSSR count). The van der Waals surface area contributed by atoms with Crippen LogP contribution in [0.2, 0.25) is 0 Å². The molecule has 0 radical (unpaired) electrons. The second-order valence-electron chi connectivity index (χ2n) is 3.76. The van der Waals surface area contributed by atoms with Crippen molar-refractivity contribution >= 4 is 17.6 Å². The molecule has 6 nitrogen and oxygen atoms in total. The van der Waals surface area contributed by atoms with Gasteiger partial charge in [-0.3, -0.25) is 4.79 Å². The van der Waals surface area contributed by atoms with Gasteiger partial charge in [0, 0.05) is 31.4 Å². The van der Waals surface area contributed by atoms with Gasteiger partial charge in [0.25, 0.3) is 0 Å². The van der Waals surface area contributed by atoms with Crippen LogP contribution < -0.4 is 11.1 Å². The number of nitrogens with two attached hydrogens (primary N) is 1. The Morgan fingerprint density at radius 2 is 2.00 bits per heavy atom. The van der Waals surface area contributed by atoms with Crippen molar-refractivity contribution in [1.82, 2.24) is 0 Å². The number of anilines is 1. The van der Waals surface area contributed by atoms with E-state index in [2.05, 4.69) is 5.32 Å². The highest BCUT2D eigenvalue weighted by Crippen LogP contribution is 2.12. The van der Waals surface area contributed by atoms with Gasteiger partial charge in [0.2, 0.25) is 5.91 Å². The lowest BCUT2D eigenvalue weighted by Gasteiger charge is -2.15. The van der Waals surface area contributed by atoms with Crippen LogP contribution in [0.5, 0.6) is 0 Å². The van der Waals surface area contributed by atoms with E-state index in [4.69, 9.17) is 15.6 Å². The van der Waals surface area contributed by atoms with Crippen LogP contribution in [0.1, 0.15) is 16.8 Å². The van der Waals surface area contributed by atoms with Crippen LogP contribution in [0.25, 0.3) is 0 Å². The van der Waals surface area contributed by atoms with Gasteiger partial charge in [-0.25, -0.2) is 4.79 Å². The standard InChI is InChI=1S/C12H16N2O4/c1-18-7-6-10(12(16)17)14-9-4-2-8(3-5-9)11(13)15/h2-5,10,14H,6-7H2,1H3,(H2,13,15)(H,16,17). The minimum absolute atomic E-state index is 0.351. The van der Waals surface area contributed by atoms with E-state index in [-0.39, 0.29) is 0 Å². The van der Waals surface area contributed by atoms with Crippen LogP contribution in [0, 0.1) is 0 Å². The monoisotopic (exact) mass is 252 g/mol. The molecule has 0 fully saturated rings. The molecule has 0 aliphatic heterocycles. The lowest BCUT2D eigenvalue weighted by molar-refractivity contribution is -0.138. The van der Waals surface area contributed by atoms with E-state index in [0.29, 0.717) is 24.3 Å². The van der Waals surface area contributed by atoms with E-state index in [9.17, 15) is 9.59 Å². The molecule has 0 heterocycles. The van der Waals surface area contributed by atoms with Gasteiger partial charge in [0.05, 0.1) is 0 Å². The Labute approximate surface area is 105 Å². The minimum atomic E-state index is -0.953. The number of carboxylic acid groups (broad SMARTS) is 1. The molecule has 0 aliphatic carbocycles. The lowest BCUT2D eigenvalue weighted by Crippen LogP contribution is -2.30. The van der Waals surface area contributed by atoms with E-state index >= 15 is 0 Å². The molecule has 0 aliphatic rings. The van der Waals surface area contributed by atoms with Crippen LogP contribution >= 0.6 is 0 Å². The molecule has 0 bridgehead atoms. The molecule has 4 N–H and O–H groups in total. The van der Waals surface area contributed by atoms with E-state index in [1.54, 1.807) is 24.3 Å². The maximum atomic E-state index is 11.0. The fraction of sp³-hybridized carbons (Fsp3) is 0.333. The van der Waals surface area contributed by atoms with Crippen molar-refractivity contribution in [3.63, 3.8) is 0 Å². The molecule has 1 aromatic rings. The summed E-state index contributed by atoms with van der Waals surface area (Å²) in [7, 11) is 1.51. The number of nitrogens with one attached hydrogen (secondary N) is 1. The fourth-order valence-corrected chi connectivity index (χ4v) is 1.42. The molecule has 1 atom stereocenters. The number of ether oxygens (including phenoxy) is 1. The summed E-state index contributed by atoms with van der Waals surface area (Å²) in [6.45, 7) is 0.351. The molecule has 1 aromatic carbocycles. The SMILES string of the molecule is COCCC(Nc1ccc(C(N)=O)cc1)C(=O)O. The number of primary amides is 1. The van der Waals surface area contributed by atoms with Crippen molar-refractivity contribution in [3.05, 3.63) is 29.8 Å². The highest BCUT2D eigenvalue weighted by Gasteiger charge is 2.16. The first-order valence-electron chi connectivity index (χ1n) is 5.42. The third-order valence-corrected chi connectivity index (χ3v) is 2.42. The predicted molar refractivity (Wildman–Crippen MR) is 66.5 cm³/mol. The van der Waals surface area contributed by atoms with Crippen molar-refractivity contribution < 1.29 is 19.4 Å². The third kappa shape index (κ3) is 4.06. The third-order valence-electron chi connectivity index (χ3n) is 2.42. The number of amides is 1. The van der Waals surface area contributed by atoms with Gasteiger partial charge in [-0.2, -0.15) is 0 Å². The lowest BCUT2D eigenvalue weighted by atomic mass is 10.1. The van der Waals surface area contributed by atoms with Gasteiger partial charge in [-0.05, 0) is 24.3 Å². The molecular weight excluding hydrogens is 236 g/mol. The summed E-state index contributed by atoms with van der Waals surface area (Å²) in [6.07, 6.45) is 0.351. The molecule has 1 amide bonds. The molecule has 0 aromatic heterocycles. The van der Waals surface area contributed by atoms with Crippen molar-refractivity contribution in [2.24, 2.45) is 5.73 Å². The first-order chi connectivity index (χ1) is 8.54. The highest BCUT2D eigenvalue weighted by atomic mass is 16.5. The Morgan fingerprint density at radius 1 is 1.39 bits per heavy atom. The normalized spacial score (nSPS) is 11.8. The molecule has 18 heavy (non-hydrogen) atoms. The van der Waals surface area contributed by atoms with Crippen LogP contribution in [0.3, 0.4) is 0 Å². The van der Waals surface area contributed by atoms with Crippen LogP contribution in [0.15, 0.2) is 24.3 Å². The van der Waals surface area contributed by atoms with Gasteiger partial charge in [-0.15, -0.1) is 0 Å². The summed E-state index contributed by atoms with van der Waals surface area (Å²) in [5, 5.41) is 11.9. The zero-order valence-corrected chi connectivity index (χ0v) is 10.1. The summed E-state index contributed by atoms with van der Waals surface area (Å²) in [4.78, 5) is 21.9. The predicted octanol–water partition coefficient (Wildman–Crippen LogP) is 0.687. The summed E-state index contributed by atoms with van der Waals surface area (Å²) < 4.78 is 4.85. The average molecular weight is 252 g/mol. The number of aliphatic carboxylic acids is 1. The van der Waals surface area contributed by atoms with E-state index in [1.807, 2.05) is 0 Å². The molecule has 1 unspecified atom stereocenters. The second-order valence-corrected chi connectivity index (χ2v) is 3.76. The largest absolute Gasteiger partial charge is 0.480 e. The van der Waals surface area contributed by atoms with Gasteiger partial charge >= 0.3 is 5.97 Å². The van der Waals surface area contributed by atoms with Crippen LogP contribution in [-0.4, -0.2) is 36.7 Å². The average Bonchev–Trinajstić information content (AvgIpc) is 2.34. The van der Waals surface area contributed by atoms with Gasteiger partial charge in [0.15, 0.2) is 0 Å². The first kappa shape index (κ1) is 14.0. The minimum Gasteiger partial charge on any atom is -0.480 e. The maximum absolute atomic E-state index is 11.0. The Hall–Kier alpha value is -2.08. The molecule has 98 valence electrons. The first-order valence-corrected chi connectivity index (χ1v) is 5.42. The van der Waals surface area contributed by atoms with Gasteiger partial charge in [0.1, 0.15) is 6.04 Å². The zero-order valence-electron chi connectivity index (χ0n) is 10.1. The van der Waals surface area contributed by atoms with E-state index in [0.717, 1.165) is 0 Å². The van der Waals surface area contributed by atoms with Crippen molar-refractivity contribution in [3.8, 4) is 0 Å². The molecule has 0 saturated carbocycles. The number of rotatable bonds is 7. The number of carbonyl (C=O) groups is 2. The van der Waals surface area contributed by atoms with Crippen molar-refractivity contribution in [1.29, 1.82) is 0 Å². The summed E-state index contributed by atoms with van der Waals surface area (Å²) in [5.74, 6) is -1.47. The quantitative estimate of drug-likeness (QED) is 0.662. The van der Waals surface area contributed by atoms with Gasteiger partial charge < -0.3 is 20.9 Å². The Morgan fingerprint density at radius 3 is 2.44 bits per heavy atom. The number of hydrogen-bond donors (Lipinski definition) is 3. The van der Waals surface area contributed by atoms with E-state index in [1.165, 1.54) is 7.11 Å². The Kier molecular flexibility index (Phi) is 5.13. The number of carboxylic acids is 1. The number of carbonyl (C=O) groups excluding carboxylic acids is 1. The van der Waals surface area contributed by atoms with Crippen LogP contribution in [-0.2, 0) is 9.53 Å². The molecule has 0 spiro atoms. The fourth-order valence-electron chi connectivity index (χ4n) is 1.42. The van der Waals surface area contributed by atoms with Crippen LogP contribution in [0.4, 0.5) is 5.69 Å². The molecule has 0 saturated heterocycles. The smallest absolute Gasteiger partial charge is 0.326 e. The number of benzene rings is 1. The zero-order chi connectivity index (χ0) is 13.5. The Bertz CT molecular complexity index is 417. The topological polar surface area (TPSA) is 102 Å². The number of hydrogen-bond acceptors (Lipinski definition) is 4. The van der Waals surface area contributed by atoms with Crippen molar-refractivity contribution in [2.45, 2.75) is 12.5 Å². The second kappa shape index (κ2) is 6.61. The molecular formula is C12H16N2O4.